The van der Waals surface area contributed by atoms with Crippen LogP contribution in [0.3, 0.4) is 0 Å². The highest BCUT2D eigenvalue weighted by Gasteiger charge is 2.36. The van der Waals surface area contributed by atoms with Crippen molar-refractivity contribution in [2.75, 3.05) is 16.5 Å². The molecule has 0 unspecified atom stereocenters. The number of alkyl halides is 3. The third kappa shape index (κ3) is 6.71. The van der Waals surface area contributed by atoms with E-state index in [1.54, 1.807) is 24.0 Å². The van der Waals surface area contributed by atoms with Crippen molar-refractivity contribution in [2.24, 2.45) is 7.05 Å². The quantitative estimate of drug-likeness (QED) is 0.307. The number of nitrogens with one attached hydrogen (secondary N) is 1. The van der Waals surface area contributed by atoms with Crippen LogP contribution in [0.1, 0.15) is 31.2 Å². The van der Waals surface area contributed by atoms with E-state index < -0.39 is 39.4 Å². The van der Waals surface area contributed by atoms with Crippen molar-refractivity contribution in [1.82, 2.24) is 34.7 Å². The van der Waals surface area contributed by atoms with E-state index in [0.717, 1.165) is 24.7 Å². The molecule has 2 N–H and O–H groups in total. The van der Waals surface area contributed by atoms with Crippen LogP contribution in [-0.2, 0) is 23.1 Å². The van der Waals surface area contributed by atoms with Crippen LogP contribution in [0.4, 0.5) is 29.7 Å². The molecule has 0 atom stereocenters. The topological polar surface area (TPSA) is 169 Å². The van der Waals surface area contributed by atoms with Gasteiger partial charge in [0.2, 0.25) is 5.95 Å². The Hall–Kier alpha value is -4.67. The maximum Gasteiger partial charge on any atom is 0.419 e. The second-order valence-corrected chi connectivity index (χ2v) is 12.1. The van der Waals surface area contributed by atoms with E-state index >= 15 is 0 Å². The van der Waals surface area contributed by atoms with Gasteiger partial charge in [-0.15, -0.1) is 0 Å². The monoisotopic (exact) mass is 617 g/mol. The summed E-state index contributed by atoms with van der Waals surface area (Å²) in [5, 5.41) is 17.2. The van der Waals surface area contributed by atoms with Crippen molar-refractivity contribution in [3.05, 3.63) is 54.9 Å². The van der Waals surface area contributed by atoms with Gasteiger partial charge in [-0.3, -0.25) is 14.6 Å². The number of nitrogens with zero attached hydrogens (tertiary/aromatic N) is 8. The summed E-state index contributed by atoms with van der Waals surface area (Å²) in [4.78, 5) is 33.4. The highest BCUT2D eigenvalue weighted by Crippen LogP contribution is 2.37. The van der Waals surface area contributed by atoms with Gasteiger partial charge in [-0.1, -0.05) is 0 Å². The molecule has 4 heterocycles. The average molecular weight is 618 g/mol. The Morgan fingerprint density at radius 3 is 2.37 bits per heavy atom. The summed E-state index contributed by atoms with van der Waals surface area (Å²) in [5.41, 5.74) is -0.681. The number of anilines is 2. The highest BCUT2D eigenvalue weighted by molar-refractivity contribution is 7.90. The van der Waals surface area contributed by atoms with Crippen LogP contribution < -0.4 is 10.2 Å². The zero-order valence-electron chi connectivity index (χ0n) is 22.9. The molecule has 1 amide bonds. The average Bonchev–Trinajstić information content (AvgIpc) is 3.39. The lowest BCUT2D eigenvalue weighted by Crippen LogP contribution is -2.44. The number of carbonyl (C=O) groups is 1. The van der Waals surface area contributed by atoms with Crippen LogP contribution in [-0.4, -0.2) is 72.7 Å². The number of hydrogen-bond acceptors (Lipinski definition) is 10. The standard InChI is InChI=1S/C26H26F3N9O4S/c1-37-8-7-20(36-37)21-13-32-22(14-31-21)38(25(39)40)17-5-3-16(4-6-17)34-24-33-12-19(26(27,28)29)23(35-24)15-9-18(11-30-10-15)43(2,41)42/h7-14,16-17H,3-6H2,1-2H3,(H,39,40)(H,33,34,35). The van der Waals surface area contributed by atoms with E-state index in [4.69, 9.17) is 0 Å². The van der Waals surface area contributed by atoms with Gasteiger partial charge in [0.15, 0.2) is 15.7 Å². The predicted octanol–water partition coefficient (Wildman–Crippen LogP) is 4.06. The maximum atomic E-state index is 13.8. The number of halogens is 3. The van der Waals surface area contributed by atoms with Crippen molar-refractivity contribution in [3.8, 4) is 22.6 Å². The van der Waals surface area contributed by atoms with Gasteiger partial charge in [-0.05, 0) is 37.8 Å². The lowest BCUT2D eigenvalue weighted by atomic mass is 9.90. The number of hydrogen-bond donors (Lipinski definition) is 2. The fourth-order valence-electron chi connectivity index (χ4n) is 4.86. The summed E-state index contributed by atoms with van der Waals surface area (Å²) in [7, 11) is -1.96. The van der Waals surface area contributed by atoms with Gasteiger partial charge in [0.05, 0.1) is 23.0 Å². The smallest absolute Gasteiger partial charge is 0.419 e. The molecule has 0 bridgehead atoms. The van der Waals surface area contributed by atoms with Gasteiger partial charge in [-0.25, -0.2) is 33.1 Å². The second-order valence-electron chi connectivity index (χ2n) is 10.1. The molecule has 1 aliphatic carbocycles. The fourth-order valence-corrected chi connectivity index (χ4v) is 5.46. The van der Waals surface area contributed by atoms with Crippen LogP contribution in [0.15, 0.2) is 54.2 Å². The minimum absolute atomic E-state index is 0.0812. The first kappa shape index (κ1) is 29.8. The third-order valence-electron chi connectivity index (χ3n) is 6.97. The number of aromatic nitrogens is 7. The summed E-state index contributed by atoms with van der Waals surface area (Å²) >= 11 is 0. The van der Waals surface area contributed by atoms with E-state index in [0.29, 0.717) is 43.3 Å². The van der Waals surface area contributed by atoms with Crippen molar-refractivity contribution >= 4 is 27.7 Å². The molecule has 0 saturated heterocycles. The number of pyridine rings is 1. The highest BCUT2D eigenvalue weighted by atomic mass is 32.2. The predicted molar refractivity (Wildman–Crippen MR) is 148 cm³/mol. The summed E-state index contributed by atoms with van der Waals surface area (Å²) in [6.07, 6.45) is 4.14. The minimum Gasteiger partial charge on any atom is -0.465 e. The Bertz CT molecular complexity index is 1740. The SMILES string of the molecule is Cn1ccc(-c2cnc(N(C(=O)O)C3CCC(Nc4ncc(C(F)(F)F)c(-c5cncc(S(C)(=O)=O)c5)n4)CC3)cn2)n1. The Morgan fingerprint density at radius 2 is 1.79 bits per heavy atom. The lowest BCUT2D eigenvalue weighted by Gasteiger charge is -2.34. The molecule has 1 fully saturated rings. The number of amides is 1. The normalized spacial score (nSPS) is 17.4. The number of aryl methyl sites for hydroxylation is 1. The van der Waals surface area contributed by atoms with Gasteiger partial charge in [0.1, 0.15) is 17.0 Å². The number of carboxylic acid groups (broad SMARTS) is 1. The van der Waals surface area contributed by atoms with Crippen molar-refractivity contribution < 1.29 is 31.5 Å². The molecular weight excluding hydrogens is 591 g/mol. The summed E-state index contributed by atoms with van der Waals surface area (Å²) in [5.74, 6) is 0.0894. The molecule has 0 radical (unpaired) electrons. The van der Waals surface area contributed by atoms with E-state index in [1.807, 2.05) is 0 Å². The van der Waals surface area contributed by atoms with Crippen LogP contribution in [0.2, 0.25) is 0 Å². The summed E-state index contributed by atoms with van der Waals surface area (Å²) in [6.45, 7) is 0. The van der Waals surface area contributed by atoms with Crippen molar-refractivity contribution in [3.63, 3.8) is 0 Å². The molecule has 43 heavy (non-hydrogen) atoms. The van der Waals surface area contributed by atoms with Gasteiger partial charge in [-0.2, -0.15) is 18.3 Å². The molecule has 0 spiro atoms. The number of rotatable bonds is 7. The molecule has 5 rings (SSSR count). The molecule has 4 aromatic rings. The van der Waals surface area contributed by atoms with Crippen molar-refractivity contribution in [1.29, 1.82) is 0 Å². The van der Waals surface area contributed by atoms with Gasteiger partial charge < -0.3 is 10.4 Å². The van der Waals surface area contributed by atoms with E-state index in [9.17, 15) is 31.5 Å². The van der Waals surface area contributed by atoms with E-state index in [1.165, 1.54) is 17.3 Å². The Labute approximate surface area is 243 Å². The first-order valence-corrected chi connectivity index (χ1v) is 14.9. The van der Waals surface area contributed by atoms with Gasteiger partial charge >= 0.3 is 12.3 Å². The molecule has 0 aromatic carbocycles. The fraction of sp³-hybridized carbons (Fsp3) is 0.346. The molecule has 13 nitrogen and oxygen atoms in total. The maximum absolute atomic E-state index is 13.8. The molecule has 1 saturated carbocycles. The van der Waals surface area contributed by atoms with Crippen molar-refractivity contribution in [2.45, 2.75) is 48.8 Å². The molecule has 4 aromatic heterocycles. The summed E-state index contributed by atoms with van der Waals surface area (Å²) < 4.78 is 66.9. The molecular formula is C26H26F3N9O4S. The molecule has 17 heteroatoms. The van der Waals surface area contributed by atoms with Crippen LogP contribution in [0.5, 0.6) is 0 Å². The van der Waals surface area contributed by atoms with Crippen LogP contribution in [0.25, 0.3) is 22.6 Å². The molecule has 226 valence electrons. The zero-order chi connectivity index (χ0) is 30.9. The Morgan fingerprint density at radius 1 is 1.05 bits per heavy atom. The first-order chi connectivity index (χ1) is 20.3. The van der Waals surface area contributed by atoms with Crippen LogP contribution >= 0.6 is 0 Å². The Kier molecular flexibility index (Phi) is 8.00. The molecule has 1 aliphatic rings. The van der Waals surface area contributed by atoms with Gasteiger partial charge in [0.25, 0.3) is 0 Å². The molecule has 0 aliphatic heterocycles. The zero-order valence-corrected chi connectivity index (χ0v) is 23.7. The Balaban J connectivity index is 1.31. The number of sulfone groups is 1. The van der Waals surface area contributed by atoms with E-state index in [-0.39, 0.29) is 28.3 Å². The lowest BCUT2D eigenvalue weighted by molar-refractivity contribution is -0.137. The first-order valence-electron chi connectivity index (χ1n) is 13.0. The van der Waals surface area contributed by atoms with Crippen LogP contribution in [0, 0.1) is 0 Å². The third-order valence-corrected chi connectivity index (χ3v) is 8.05. The largest absolute Gasteiger partial charge is 0.465 e. The second kappa shape index (κ2) is 11.5. The minimum atomic E-state index is -4.80. The van der Waals surface area contributed by atoms with Gasteiger partial charge in [0, 0.05) is 55.7 Å². The summed E-state index contributed by atoms with van der Waals surface area (Å²) in [6, 6.07) is 2.19. The van der Waals surface area contributed by atoms with E-state index in [2.05, 4.69) is 35.3 Å².